The minimum absolute atomic E-state index is 0.147. The van der Waals surface area contributed by atoms with Crippen molar-refractivity contribution < 1.29 is 19.1 Å². The Kier molecular flexibility index (Phi) is 6.45. The molecule has 1 unspecified atom stereocenters. The molecule has 0 saturated carbocycles. The van der Waals surface area contributed by atoms with Gasteiger partial charge in [-0.15, -0.1) is 0 Å². The SMILES string of the molecule is CCOC(=O)C1CCCN(C(=O)CCN2CCOCC2)C1. The first-order chi connectivity index (χ1) is 10.2. The average Bonchev–Trinajstić information content (AvgIpc) is 2.54. The second kappa shape index (κ2) is 8.34. The van der Waals surface area contributed by atoms with Gasteiger partial charge in [-0.1, -0.05) is 0 Å². The molecule has 2 aliphatic rings. The second-order valence-corrected chi connectivity index (χ2v) is 5.63. The lowest BCUT2D eigenvalue weighted by atomic mass is 9.98. The Hall–Kier alpha value is -1.14. The van der Waals surface area contributed by atoms with Crippen molar-refractivity contribution in [2.45, 2.75) is 26.2 Å². The number of hydrogen-bond donors (Lipinski definition) is 0. The zero-order valence-electron chi connectivity index (χ0n) is 12.9. The fraction of sp³-hybridized carbons (Fsp3) is 0.867. The van der Waals surface area contributed by atoms with E-state index in [1.807, 2.05) is 11.8 Å². The van der Waals surface area contributed by atoms with Crippen molar-refractivity contribution in [3.8, 4) is 0 Å². The Morgan fingerprint density at radius 1 is 1.24 bits per heavy atom. The van der Waals surface area contributed by atoms with Gasteiger partial charge in [0.1, 0.15) is 0 Å². The summed E-state index contributed by atoms with van der Waals surface area (Å²) in [5.41, 5.74) is 0. The first-order valence-electron chi connectivity index (χ1n) is 7.95. The first kappa shape index (κ1) is 16.2. The Morgan fingerprint density at radius 3 is 2.71 bits per heavy atom. The van der Waals surface area contributed by atoms with Crippen molar-refractivity contribution in [3.63, 3.8) is 0 Å². The molecule has 2 heterocycles. The number of ether oxygens (including phenoxy) is 2. The molecule has 6 heteroatoms. The molecule has 2 saturated heterocycles. The lowest BCUT2D eigenvalue weighted by molar-refractivity contribution is -0.151. The van der Waals surface area contributed by atoms with Gasteiger partial charge in [-0.25, -0.2) is 0 Å². The number of likely N-dealkylation sites (tertiary alicyclic amines) is 1. The molecule has 2 fully saturated rings. The van der Waals surface area contributed by atoms with Crippen molar-refractivity contribution >= 4 is 11.9 Å². The normalized spacial score (nSPS) is 23.9. The standard InChI is InChI=1S/C15H26N2O4/c1-2-21-15(19)13-4-3-6-17(12-13)14(18)5-7-16-8-10-20-11-9-16/h13H,2-12H2,1H3. The highest BCUT2D eigenvalue weighted by atomic mass is 16.5. The first-order valence-corrected chi connectivity index (χ1v) is 7.95. The van der Waals surface area contributed by atoms with Crippen LogP contribution in [0.25, 0.3) is 0 Å². The third-order valence-electron chi connectivity index (χ3n) is 4.14. The van der Waals surface area contributed by atoms with E-state index in [-0.39, 0.29) is 17.8 Å². The summed E-state index contributed by atoms with van der Waals surface area (Å²) in [6, 6.07) is 0. The van der Waals surface area contributed by atoms with Crippen molar-refractivity contribution in [3.05, 3.63) is 0 Å². The van der Waals surface area contributed by atoms with Gasteiger partial charge in [0.25, 0.3) is 0 Å². The number of esters is 1. The van der Waals surface area contributed by atoms with Gasteiger partial charge >= 0.3 is 5.97 Å². The Balaban J connectivity index is 1.74. The van der Waals surface area contributed by atoms with Gasteiger partial charge in [-0.05, 0) is 19.8 Å². The predicted molar refractivity (Wildman–Crippen MR) is 77.8 cm³/mol. The zero-order chi connectivity index (χ0) is 15.1. The third-order valence-corrected chi connectivity index (χ3v) is 4.14. The van der Waals surface area contributed by atoms with Crippen LogP contribution in [0.1, 0.15) is 26.2 Å². The van der Waals surface area contributed by atoms with E-state index in [4.69, 9.17) is 9.47 Å². The number of amides is 1. The number of morpholine rings is 1. The van der Waals surface area contributed by atoms with E-state index < -0.39 is 0 Å². The molecule has 0 radical (unpaired) electrons. The topological polar surface area (TPSA) is 59.1 Å². The van der Waals surface area contributed by atoms with E-state index in [9.17, 15) is 9.59 Å². The highest BCUT2D eigenvalue weighted by Crippen LogP contribution is 2.18. The summed E-state index contributed by atoms with van der Waals surface area (Å²) in [6.45, 7) is 7.58. The quantitative estimate of drug-likeness (QED) is 0.692. The fourth-order valence-electron chi connectivity index (χ4n) is 2.89. The molecular formula is C15H26N2O4. The van der Waals surface area contributed by atoms with Crippen LogP contribution in [-0.4, -0.2) is 74.2 Å². The minimum atomic E-state index is -0.164. The molecule has 0 spiro atoms. The van der Waals surface area contributed by atoms with Crippen LogP contribution in [0.4, 0.5) is 0 Å². The molecule has 21 heavy (non-hydrogen) atoms. The van der Waals surface area contributed by atoms with E-state index in [2.05, 4.69) is 4.90 Å². The molecule has 120 valence electrons. The molecule has 1 atom stereocenters. The summed E-state index contributed by atoms with van der Waals surface area (Å²) in [5.74, 6) is -0.162. The van der Waals surface area contributed by atoms with Gasteiger partial charge in [0, 0.05) is 39.1 Å². The molecule has 6 nitrogen and oxygen atoms in total. The van der Waals surface area contributed by atoms with Gasteiger partial charge in [-0.2, -0.15) is 0 Å². The van der Waals surface area contributed by atoms with Crippen molar-refractivity contribution in [2.24, 2.45) is 5.92 Å². The van der Waals surface area contributed by atoms with Crippen LogP contribution >= 0.6 is 0 Å². The molecule has 0 aromatic carbocycles. The summed E-state index contributed by atoms with van der Waals surface area (Å²) < 4.78 is 10.4. The van der Waals surface area contributed by atoms with Gasteiger partial charge < -0.3 is 14.4 Å². The molecule has 0 aromatic heterocycles. The molecule has 2 aliphatic heterocycles. The molecular weight excluding hydrogens is 272 g/mol. The van der Waals surface area contributed by atoms with Gasteiger partial charge in [0.15, 0.2) is 0 Å². The number of piperidine rings is 1. The lowest BCUT2D eigenvalue weighted by Gasteiger charge is -2.32. The summed E-state index contributed by atoms with van der Waals surface area (Å²) in [7, 11) is 0. The van der Waals surface area contributed by atoms with E-state index in [1.54, 1.807) is 0 Å². The highest BCUT2D eigenvalue weighted by Gasteiger charge is 2.29. The molecule has 1 amide bonds. The number of rotatable bonds is 5. The zero-order valence-corrected chi connectivity index (χ0v) is 12.9. The maximum absolute atomic E-state index is 12.3. The number of carbonyl (C=O) groups excluding carboxylic acids is 2. The van der Waals surface area contributed by atoms with E-state index in [0.29, 0.717) is 19.6 Å². The van der Waals surface area contributed by atoms with Crippen LogP contribution in [0.15, 0.2) is 0 Å². The molecule has 0 aromatic rings. The maximum atomic E-state index is 12.3. The van der Waals surface area contributed by atoms with Crippen LogP contribution in [0.5, 0.6) is 0 Å². The van der Waals surface area contributed by atoms with Gasteiger partial charge in [0.2, 0.25) is 5.91 Å². The number of hydrogen-bond acceptors (Lipinski definition) is 5. The van der Waals surface area contributed by atoms with E-state index >= 15 is 0 Å². The summed E-state index contributed by atoms with van der Waals surface area (Å²) >= 11 is 0. The molecule has 0 aliphatic carbocycles. The molecule has 0 bridgehead atoms. The van der Waals surface area contributed by atoms with Crippen molar-refractivity contribution in [1.82, 2.24) is 9.80 Å². The summed E-state index contributed by atoms with van der Waals surface area (Å²) in [4.78, 5) is 28.2. The summed E-state index contributed by atoms with van der Waals surface area (Å²) in [6.07, 6.45) is 2.23. The highest BCUT2D eigenvalue weighted by molar-refractivity contribution is 5.78. The molecule has 2 rings (SSSR count). The largest absolute Gasteiger partial charge is 0.466 e. The summed E-state index contributed by atoms with van der Waals surface area (Å²) in [5, 5.41) is 0. The lowest BCUT2D eigenvalue weighted by Crippen LogP contribution is -2.44. The minimum Gasteiger partial charge on any atom is -0.466 e. The van der Waals surface area contributed by atoms with Crippen molar-refractivity contribution in [1.29, 1.82) is 0 Å². The third kappa shape index (κ3) is 4.97. The van der Waals surface area contributed by atoms with Crippen molar-refractivity contribution in [2.75, 3.05) is 52.5 Å². The van der Waals surface area contributed by atoms with Crippen LogP contribution < -0.4 is 0 Å². The Morgan fingerprint density at radius 2 is 2.00 bits per heavy atom. The monoisotopic (exact) mass is 298 g/mol. The van der Waals surface area contributed by atoms with Gasteiger partial charge in [-0.3, -0.25) is 14.5 Å². The van der Waals surface area contributed by atoms with E-state index in [0.717, 1.165) is 52.2 Å². The fourth-order valence-corrected chi connectivity index (χ4v) is 2.89. The molecule has 0 N–H and O–H groups in total. The van der Waals surface area contributed by atoms with Gasteiger partial charge in [0.05, 0.1) is 25.7 Å². The Bertz CT molecular complexity index is 356. The van der Waals surface area contributed by atoms with Crippen LogP contribution in [-0.2, 0) is 19.1 Å². The predicted octanol–water partition coefficient (Wildman–Crippen LogP) is 0.510. The van der Waals surface area contributed by atoms with Crippen LogP contribution in [0.3, 0.4) is 0 Å². The van der Waals surface area contributed by atoms with Crippen LogP contribution in [0.2, 0.25) is 0 Å². The number of nitrogens with zero attached hydrogens (tertiary/aromatic N) is 2. The Labute approximate surface area is 126 Å². The average molecular weight is 298 g/mol. The maximum Gasteiger partial charge on any atom is 0.310 e. The smallest absolute Gasteiger partial charge is 0.310 e. The second-order valence-electron chi connectivity index (χ2n) is 5.63. The van der Waals surface area contributed by atoms with Crippen LogP contribution in [0, 0.1) is 5.92 Å². The number of carbonyl (C=O) groups is 2. The van der Waals surface area contributed by atoms with E-state index in [1.165, 1.54) is 0 Å².